The molecule has 0 radical (unpaired) electrons. The van der Waals surface area contributed by atoms with E-state index >= 15 is 0 Å². The monoisotopic (exact) mass is 293 g/mol. The maximum Gasteiger partial charge on any atom is 0.0642 e. The van der Waals surface area contributed by atoms with Gasteiger partial charge in [-0.3, -0.25) is 4.90 Å². The van der Waals surface area contributed by atoms with Gasteiger partial charge in [-0.25, -0.2) is 0 Å². The van der Waals surface area contributed by atoms with Crippen LogP contribution in [-0.2, 0) is 0 Å². The van der Waals surface area contributed by atoms with E-state index in [4.69, 9.17) is 17.3 Å². The van der Waals surface area contributed by atoms with E-state index in [1.54, 1.807) is 0 Å². The van der Waals surface area contributed by atoms with Crippen molar-refractivity contribution in [1.82, 2.24) is 4.90 Å². The van der Waals surface area contributed by atoms with Crippen LogP contribution in [0.1, 0.15) is 30.9 Å². The first-order chi connectivity index (χ1) is 9.69. The summed E-state index contributed by atoms with van der Waals surface area (Å²) >= 11 is 6.52. The maximum atomic E-state index is 6.52. The molecule has 0 bridgehead atoms. The summed E-state index contributed by atoms with van der Waals surface area (Å²) in [5, 5.41) is 0.897. The molecule has 0 amide bonds. The molecule has 0 aliphatic carbocycles. The van der Waals surface area contributed by atoms with Crippen LogP contribution in [0.5, 0.6) is 0 Å². The Hall–Kier alpha value is -0.770. The van der Waals surface area contributed by atoms with Crippen molar-refractivity contribution in [3.63, 3.8) is 0 Å². The smallest absolute Gasteiger partial charge is 0.0642 e. The molecule has 20 heavy (non-hydrogen) atoms. The second-order valence-corrected chi connectivity index (χ2v) is 6.61. The minimum atomic E-state index is 0.466. The Morgan fingerprint density at radius 2 is 2.05 bits per heavy atom. The predicted octanol–water partition coefficient (Wildman–Crippen LogP) is 2.89. The quantitative estimate of drug-likeness (QED) is 0.930. The lowest BCUT2D eigenvalue weighted by Crippen LogP contribution is -2.21. The van der Waals surface area contributed by atoms with Crippen LogP contribution < -0.4 is 10.6 Å². The van der Waals surface area contributed by atoms with E-state index in [2.05, 4.69) is 35.0 Å². The molecule has 0 aromatic heterocycles. The molecule has 0 spiro atoms. The van der Waals surface area contributed by atoms with Gasteiger partial charge in [-0.1, -0.05) is 17.7 Å². The number of hydrogen-bond donors (Lipinski definition) is 1. The maximum absolute atomic E-state index is 6.52. The minimum Gasteiger partial charge on any atom is -0.370 e. The standard InChI is InChI=1S/C16H24ClN3/c1-19-11-12(10-18)8-16(19)13-4-5-15(14(17)9-13)20-6-2-3-7-20/h4-5,9,12,16H,2-3,6-8,10-11,18H2,1H3. The van der Waals surface area contributed by atoms with E-state index in [-0.39, 0.29) is 0 Å². The third kappa shape index (κ3) is 2.67. The molecule has 2 unspecified atom stereocenters. The largest absolute Gasteiger partial charge is 0.370 e. The summed E-state index contributed by atoms with van der Waals surface area (Å²) in [6.07, 6.45) is 3.70. The second kappa shape index (κ2) is 5.92. The van der Waals surface area contributed by atoms with Crippen LogP contribution in [0, 0.1) is 5.92 Å². The summed E-state index contributed by atoms with van der Waals surface area (Å²) in [5.41, 5.74) is 8.34. The Balaban J connectivity index is 1.79. The third-order valence-electron chi connectivity index (χ3n) is 4.77. The zero-order valence-electron chi connectivity index (χ0n) is 12.2. The molecule has 2 N–H and O–H groups in total. The number of nitrogens with zero attached hydrogens (tertiary/aromatic N) is 2. The molecule has 2 atom stereocenters. The van der Waals surface area contributed by atoms with Gasteiger partial charge in [0.2, 0.25) is 0 Å². The van der Waals surface area contributed by atoms with Crippen LogP contribution in [-0.4, -0.2) is 38.1 Å². The topological polar surface area (TPSA) is 32.5 Å². The fraction of sp³-hybridized carbons (Fsp3) is 0.625. The molecule has 4 heteroatoms. The highest BCUT2D eigenvalue weighted by atomic mass is 35.5. The summed E-state index contributed by atoms with van der Waals surface area (Å²) < 4.78 is 0. The van der Waals surface area contributed by atoms with E-state index < -0.39 is 0 Å². The van der Waals surface area contributed by atoms with Gasteiger partial charge in [-0.2, -0.15) is 0 Å². The van der Waals surface area contributed by atoms with Crippen molar-refractivity contribution in [1.29, 1.82) is 0 Å². The fourth-order valence-corrected chi connectivity index (χ4v) is 3.92. The first kappa shape index (κ1) is 14.2. The molecule has 1 aromatic rings. The van der Waals surface area contributed by atoms with Gasteiger partial charge in [0.1, 0.15) is 0 Å². The van der Waals surface area contributed by atoms with Crippen LogP contribution in [0.15, 0.2) is 18.2 Å². The third-order valence-corrected chi connectivity index (χ3v) is 5.07. The number of halogens is 1. The summed E-state index contributed by atoms with van der Waals surface area (Å²) in [5.74, 6) is 0.613. The van der Waals surface area contributed by atoms with Crippen LogP contribution >= 0.6 is 11.6 Å². The SMILES string of the molecule is CN1CC(CN)CC1c1ccc(N2CCCC2)c(Cl)c1. The number of anilines is 1. The van der Waals surface area contributed by atoms with Gasteiger partial charge in [-0.15, -0.1) is 0 Å². The number of nitrogens with two attached hydrogens (primary N) is 1. The van der Waals surface area contributed by atoms with Gasteiger partial charge in [0, 0.05) is 25.7 Å². The van der Waals surface area contributed by atoms with Crippen molar-refractivity contribution < 1.29 is 0 Å². The Morgan fingerprint density at radius 1 is 1.30 bits per heavy atom. The van der Waals surface area contributed by atoms with Crippen molar-refractivity contribution >= 4 is 17.3 Å². The average Bonchev–Trinajstić information content (AvgIpc) is 3.07. The fourth-order valence-electron chi connectivity index (χ4n) is 3.61. The molecular formula is C16H24ClN3. The van der Waals surface area contributed by atoms with E-state index in [1.807, 2.05) is 0 Å². The average molecular weight is 294 g/mol. The van der Waals surface area contributed by atoms with Gasteiger partial charge in [0.05, 0.1) is 10.7 Å². The zero-order chi connectivity index (χ0) is 14.1. The predicted molar refractivity (Wildman–Crippen MR) is 85.4 cm³/mol. The van der Waals surface area contributed by atoms with Crippen LogP contribution in [0.25, 0.3) is 0 Å². The lowest BCUT2D eigenvalue weighted by atomic mass is 9.99. The van der Waals surface area contributed by atoms with Crippen LogP contribution in [0.2, 0.25) is 5.02 Å². The van der Waals surface area contributed by atoms with E-state index in [0.717, 1.165) is 37.6 Å². The number of likely N-dealkylation sites (tertiary alicyclic amines) is 1. The molecule has 2 aliphatic rings. The number of hydrogen-bond acceptors (Lipinski definition) is 3. The lowest BCUT2D eigenvalue weighted by Gasteiger charge is -2.23. The summed E-state index contributed by atoms with van der Waals surface area (Å²) in [6, 6.07) is 7.08. The van der Waals surface area contributed by atoms with Crippen molar-refractivity contribution in [3.05, 3.63) is 28.8 Å². The Bertz CT molecular complexity index is 471. The van der Waals surface area contributed by atoms with E-state index in [9.17, 15) is 0 Å². The lowest BCUT2D eigenvalue weighted by molar-refractivity contribution is 0.313. The first-order valence-electron chi connectivity index (χ1n) is 7.63. The van der Waals surface area contributed by atoms with Crippen molar-refractivity contribution in [2.45, 2.75) is 25.3 Å². The Morgan fingerprint density at radius 3 is 2.65 bits per heavy atom. The minimum absolute atomic E-state index is 0.466. The molecule has 1 aromatic carbocycles. The van der Waals surface area contributed by atoms with Gasteiger partial charge in [-0.05, 0) is 56.5 Å². The van der Waals surface area contributed by atoms with E-state index in [1.165, 1.54) is 24.1 Å². The van der Waals surface area contributed by atoms with E-state index in [0.29, 0.717) is 12.0 Å². The molecule has 2 saturated heterocycles. The molecule has 3 nitrogen and oxygen atoms in total. The molecule has 110 valence electrons. The highest BCUT2D eigenvalue weighted by Crippen LogP contribution is 2.37. The normalized spacial score (nSPS) is 27.4. The molecule has 2 heterocycles. The summed E-state index contributed by atoms with van der Waals surface area (Å²) in [7, 11) is 2.18. The second-order valence-electron chi connectivity index (χ2n) is 6.20. The van der Waals surface area contributed by atoms with Gasteiger partial charge in [0.25, 0.3) is 0 Å². The van der Waals surface area contributed by atoms with Gasteiger partial charge in [0.15, 0.2) is 0 Å². The summed E-state index contributed by atoms with van der Waals surface area (Å²) in [6.45, 7) is 4.14. The Kier molecular flexibility index (Phi) is 4.20. The van der Waals surface area contributed by atoms with Gasteiger partial charge < -0.3 is 10.6 Å². The summed E-state index contributed by atoms with van der Waals surface area (Å²) in [4.78, 5) is 4.80. The highest BCUT2D eigenvalue weighted by molar-refractivity contribution is 6.33. The van der Waals surface area contributed by atoms with Crippen LogP contribution in [0.4, 0.5) is 5.69 Å². The van der Waals surface area contributed by atoms with Crippen molar-refractivity contribution in [2.75, 3.05) is 38.1 Å². The highest BCUT2D eigenvalue weighted by Gasteiger charge is 2.30. The van der Waals surface area contributed by atoms with Crippen molar-refractivity contribution in [3.8, 4) is 0 Å². The Labute approximate surface area is 126 Å². The molecular weight excluding hydrogens is 270 g/mol. The zero-order valence-corrected chi connectivity index (χ0v) is 12.9. The molecule has 0 saturated carbocycles. The number of rotatable bonds is 3. The molecule has 3 rings (SSSR count). The van der Waals surface area contributed by atoms with Crippen LogP contribution in [0.3, 0.4) is 0 Å². The molecule has 2 aliphatic heterocycles. The number of benzene rings is 1. The van der Waals surface area contributed by atoms with Crippen molar-refractivity contribution in [2.24, 2.45) is 11.7 Å². The van der Waals surface area contributed by atoms with Gasteiger partial charge >= 0.3 is 0 Å². The molecule has 2 fully saturated rings. The first-order valence-corrected chi connectivity index (χ1v) is 8.01.